The quantitative estimate of drug-likeness (QED) is 0.463. The molecule has 0 aromatic heterocycles. The lowest BCUT2D eigenvalue weighted by atomic mass is 10.2. The molecule has 0 aliphatic carbocycles. The molecule has 0 atom stereocenters. The van der Waals surface area contributed by atoms with Crippen LogP contribution >= 0.6 is 12.2 Å². The highest BCUT2D eigenvalue weighted by Gasteiger charge is 1.84. The molecule has 2 N–H and O–H groups in total. The minimum Gasteiger partial charge on any atom is -0.405 e. The van der Waals surface area contributed by atoms with Gasteiger partial charge in [0.1, 0.15) is 0 Å². The van der Waals surface area contributed by atoms with Gasteiger partial charge in [-0.2, -0.15) is 0 Å². The molecule has 0 unspecified atom stereocenters. The van der Waals surface area contributed by atoms with E-state index >= 15 is 0 Å². The van der Waals surface area contributed by atoms with Crippen molar-refractivity contribution in [1.29, 1.82) is 0 Å². The Morgan fingerprint density at radius 3 is 2.75 bits per heavy atom. The maximum Gasteiger partial charge on any atom is 0.0166 e. The molecule has 8 heavy (non-hydrogen) atoms. The van der Waals surface area contributed by atoms with Gasteiger partial charge in [-0.15, -0.1) is 0 Å². The van der Waals surface area contributed by atoms with Gasteiger partial charge in [0.05, 0.1) is 0 Å². The zero-order chi connectivity index (χ0) is 6.41. The van der Waals surface area contributed by atoms with Crippen LogP contribution in [-0.4, -0.2) is 4.86 Å². The van der Waals surface area contributed by atoms with E-state index in [9.17, 15) is 0 Å². The second-order valence-electron chi connectivity index (χ2n) is 1.58. The van der Waals surface area contributed by atoms with Crippen LogP contribution in [-0.2, 0) is 0 Å². The van der Waals surface area contributed by atoms with Crippen molar-refractivity contribution in [3.63, 3.8) is 0 Å². The summed E-state index contributed by atoms with van der Waals surface area (Å²) in [5, 5.41) is 0. The molecule has 0 spiro atoms. The third-order valence-electron chi connectivity index (χ3n) is 0.779. The van der Waals surface area contributed by atoms with Crippen LogP contribution in [0, 0.1) is 0 Å². The molecule has 0 fully saturated rings. The minimum absolute atomic E-state index is 0.940. The van der Waals surface area contributed by atoms with Crippen LogP contribution in [0.25, 0.3) is 0 Å². The Hall–Kier alpha value is -0.370. The SMILES string of the molecule is CCCC(=S)/C=C/N. The average Bonchev–Trinajstić information content (AvgIpc) is 1.68. The van der Waals surface area contributed by atoms with Gasteiger partial charge in [-0.1, -0.05) is 25.6 Å². The summed E-state index contributed by atoms with van der Waals surface area (Å²) in [7, 11) is 0. The number of hydrogen-bond acceptors (Lipinski definition) is 2. The van der Waals surface area contributed by atoms with E-state index in [-0.39, 0.29) is 0 Å². The fourth-order valence-electron chi connectivity index (χ4n) is 0.437. The molecular formula is C6H11NS. The summed E-state index contributed by atoms with van der Waals surface area (Å²) < 4.78 is 0. The number of thiocarbonyl (C=S) groups is 1. The molecule has 2 heteroatoms. The van der Waals surface area contributed by atoms with Crippen LogP contribution in [0.15, 0.2) is 12.3 Å². The maximum atomic E-state index is 5.09. The highest BCUT2D eigenvalue weighted by molar-refractivity contribution is 7.80. The number of allylic oxidation sites excluding steroid dienone is 1. The third-order valence-corrected chi connectivity index (χ3v) is 1.12. The molecule has 0 saturated heterocycles. The summed E-state index contributed by atoms with van der Waals surface area (Å²) in [6.07, 6.45) is 5.32. The number of rotatable bonds is 3. The minimum atomic E-state index is 0.940. The van der Waals surface area contributed by atoms with Crippen LogP contribution in [0.1, 0.15) is 19.8 Å². The Bertz CT molecular complexity index is 96.7. The predicted octanol–water partition coefficient (Wildman–Crippen LogP) is 1.63. The number of nitrogens with two attached hydrogens (primary N) is 1. The number of hydrogen-bond donors (Lipinski definition) is 1. The van der Waals surface area contributed by atoms with E-state index in [1.807, 2.05) is 0 Å². The van der Waals surface area contributed by atoms with Gasteiger partial charge >= 0.3 is 0 Å². The normalized spacial score (nSPS) is 10.1. The zero-order valence-electron chi connectivity index (χ0n) is 5.05. The lowest BCUT2D eigenvalue weighted by Crippen LogP contribution is -1.88. The summed E-state index contributed by atoms with van der Waals surface area (Å²) in [6, 6.07) is 0. The van der Waals surface area contributed by atoms with Crippen molar-refractivity contribution in [1.82, 2.24) is 0 Å². The van der Waals surface area contributed by atoms with E-state index in [2.05, 4.69) is 6.92 Å². The fraction of sp³-hybridized carbons (Fsp3) is 0.500. The van der Waals surface area contributed by atoms with Crippen molar-refractivity contribution >= 4 is 17.1 Å². The van der Waals surface area contributed by atoms with E-state index in [0.29, 0.717) is 0 Å². The van der Waals surface area contributed by atoms with Crippen molar-refractivity contribution in [3.8, 4) is 0 Å². The molecule has 0 aromatic carbocycles. The molecule has 0 amide bonds. The van der Waals surface area contributed by atoms with Crippen LogP contribution in [0.3, 0.4) is 0 Å². The van der Waals surface area contributed by atoms with E-state index < -0.39 is 0 Å². The molecule has 0 rings (SSSR count). The largest absolute Gasteiger partial charge is 0.405 e. The van der Waals surface area contributed by atoms with Gasteiger partial charge in [-0.3, -0.25) is 0 Å². The first-order chi connectivity index (χ1) is 3.81. The topological polar surface area (TPSA) is 26.0 Å². The summed E-state index contributed by atoms with van der Waals surface area (Å²) in [5.41, 5.74) is 5.09. The van der Waals surface area contributed by atoms with Crippen molar-refractivity contribution < 1.29 is 0 Å². The molecule has 0 aromatic rings. The lowest BCUT2D eigenvalue weighted by molar-refractivity contribution is 1.01. The van der Waals surface area contributed by atoms with Crippen LogP contribution in [0.5, 0.6) is 0 Å². The van der Waals surface area contributed by atoms with Gasteiger partial charge < -0.3 is 5.73 Å². The van der Waals surface area contributed by atoms with Crippen molar-refractivity contribution in [2.45, 2.75) is 19.8 Å². The van der Waals surface area contributed by atoms with E-state index in [1.54, 1.807) is 6.08 Å². The average molecular weight is 129 g/mol. The Balaban J connectivity index is 3.33. The fourth-order valence-corrected chi connectivity index (χ4v) is 0.720. The van der Waals surface area contributed by atoms with Crippen LogP contribution in [0.2, 0.25) is 0 Å². The molecule has 0 radical (unpaired) electrons. The monoisotopic (exact) mass is 129 g/mol. The van der Waals surface area contributed by atoms with Crippen LogP contribution in [0.4, 0.5) is 0 Å². The molecular weight excluding hydrogens is 118 g/mol. The highest BCUT2D eigenvalue weighted by atomic mass is 32.1. The molecule has 0 aliphatic heterocycles. The highest BCUT2D eigenvalue weighted by Crippen LogP contribution is 1.91. The first-order valence-electron chi connectivity index (χ1n) is 2.72. The van der Waals surface area contributed by atoms with Crippen molar-refractivity contribution in [2.24, 2.45) is 5.73 Å². The summed E-state index contributed by atoms with van der Waals surface area (Å²) in [5.74, 6) is 0. The standard InChI is InChI=1S/C6H11NS/c1-2-3-6(8)4-5-7/h4-5H,2-3,7H2,1H3/b5-4+. The van der Waals surface area contributed by atoms with Gasteiger partial charge in [0, 0.05) is 4.86 Å². The summed E-state index contributed by atoms with van der Waals surface area (Å²) in [4.78, 5) is 0.940. The second kappa shape index (κ2) is 4.78. The zero-order valence-corrected chi connectivity index (χ0v) is 5.87. The predicted molar refractivity (Wildman–Crippen MR) is 40.8 cm³/mol. The first kappa shape index (κ1) is 7.63. The Morgan fingerprint density at radius 2 is 2.38 bits per heavy atom. The molecule has 0 bridgehead atoms. The van der Waals surface area contributed by atoms with Gasteiger partial charge in [-0.25, -0.2) is 0 Å². The van der Waals surface area contributed by atoms with Crippen LogP contribution < -0.4 is 5.73 Å². The smallest absolute Gasteiger partial charge is 0.0166 e. The van der Waals surface area contributed by atoms with Gasteiger partial charge in [0.2, 0.25) is 0 Å². The third kappa shape index (κ3) is 3.81. The Kier molecular flexibility index (Phi) is 4.56. The van der Waals surface area contributed by atoms with E-state index in [4.69, 9.17) is 18.0 Å². The van der Waals surface area contributed by atoms with Gasteiger partial charge in [0.15, 0.2) is 0 Å². The summed E-state index contributed by atoms with van der Waals surface area (Å²) in [6.45, 7) is 2.09. The lowest BCUT2D eigenvalue weighted by Gasteiger charge is -1.88. The molecule has 0 saturated carbocycles. The maximum absolute atomic E-state index is 5.09. The molecule has 0 heterocycles. The molecule has 1 nitrogen and oxygen atoms in total. The van der Waals surface area contributed by atoms with Gasteiger partial charge in [0.25, 0.3) is 0 Å². The first-order valence-corrected chi connectivity index (χ1v) is 3.13. The van der Waals surface area contributed by atoms with Crippen molar-refractivity contribution in [3.05, 3.63) is 12.3 Å². The molecule has 46 valence electrons. The molecule has 0 aliphatic rings. The van der Waals surface area contributed by atoms with Gasteiger partial charge in [-0.05, 0) is 18.7 Å². The van der Waals surface area contributed by atoms with Crippen molar-refractivity contribution in [2.75, 3.05) is 0 Å². The van der Waals surface area contributed by atoms with E-state index in [1.165, 1.54) is 6.20 Å². The second-order valence-corrected chi connectivity index (χ2v) is 2.10. The van der Waals surface area contributed by atoms with E-state index in [0.717, 1.165) is 17.7 Å². The Morgan fingerprint density at radius 1 is 1.75 bits per heavy atom. The Labute approximate surface area is 55.6 Å². The summed E-state index contributed by atoms with van der Waals surface area (Å²) >= 11 is 4.89.